The van der Waals surface area contributed by atoms with Gasteiger partial charge in [0.1, 0.15) is 0 Å². The van der Waals surface area contributed by atoms with Crippen LogP contribution in [0.2, 0.25) is 0 Å². The van der Waals surface area contributed by atoms with Crippen molar-refractivity contribution in [1.82, 2.24) is 0 Å². The van der Waals surface area contributed by atoms with Gasteiger partial charge in [0.15, 0.2) is 0 Å². The summed E-state index contributed by atoms with van der Waals surface area (Å²) in [5, 5.41) is 0. The largest absolute Gasteiger partial charge is 0.471 e. The van der Waals surface area contributed by atoms with E-state index in [0.717, 1.165) is 0 Å². The van der Waals surface area contributed by atoms with Gasteiger partial charge in [-0.25, -0.2) is 4.79 Å². The van der Waals surface area contributed by atoms with Gasteiger partial charge in [-0.1, -0.05) is 0 Å². The fourth-order valence-corrected chi connectivity index (χ4v) is 2.01. The highest BCUT2D eigenvalue weighted by atomic mass is 19.4. The Kier molecular flexibility index (Phi) is 7.73. The molecule has 5 nitrogen and oxygen atoms in total. The maximum absolute atomic E-state index is 14.2. The molecular formula is C12F22O5. The first kappa shape index (κ1) is 34.8. The molecule has 0 bridgehead atoms. The number of ether oxygens (including phenoxy) is 4. The van der Waals surface area contributed by atoms with Crippen LogP contribution in [0.5, 0.6) is 0 Å². The second-order valence-corrected chi connectivity index (χ2v) is 6.62. The van der Waals surface area contributed by atoms with Crippen LogP contribution in [-0.2, 0) is 23.7 Å². The van der Waals surface area contributed by atoms with Crippen LogP contribution in [0.25, 0.3) is 0 Å². The van der Waals surface area contributed by atoms with Gasteiger partial charge in [-0.15, -0.1) is 0 Å². The molecule has 1 saturated heterocycles. The standard InChI is InChI=1S/C12F22O5/c13-2(6(17,18)19,37-10(29,30)3(14,15)7(20,21)22)1(35)36-11(31,32)4(16)12(33,34)39-5(38-4,8(23,24)25)9(26,27)28. The third-order valence-corrected chi connectivity index (χ3v) is 3.89. The van der Waals surface area contributed by atoms with Crippen molar-refractivity contribution in [2.24, 2.45) is 0 Å². The van der Waals surface area contributed by atoms with E-state index >= 15 is 0 Å². The van der Waals surface area contributed by atoms with Crippen LogP contribution >= 0.6 is 0 Å². The van der Waals surface area contributed by atoms with E-state index in [-0.39, 0.29) is 0 Å². The van der Waals surface area contributed by atoms with Gasteiger partial charge in [0, 0.05) is 0 Å². The minimum absolute atomic E-state index is 1.34. The first-order valence-corrected chi connectivity index (χ1v) is 7.99. The van der Waals surface area contributed by atoms with Crippen LogP contribution in [0.4, 0.5) is 96.6 Å². The second-order valence-electron chi connectivity index (χ2n) is 6.62. The Morgan fingerprint density at radius 1 is 0.590 bits per heavy atom. The molecule has 1 heterocycles. The first-order valence-electron chi connectivity index (χ1n) is 7.99. The van der Waals surface area contributed by atoms with E-state index < -0.39 is 72.4 Å². The van der Waals surface area contributed by atoms with Crippen molar-refractivity contribution in [2.75, 3.05) is 0 Å². The average Bonchev–Trinajstić information content (AvgIpc) is 2.87. The van der Waals surface area contributed by atoms with Crippen LogP contribution in [-0.4, -0.2) is 72.4 Å². The van der Waals surface area contributed by atoms with E-state index in [1.165, 1.54) is 4.74 Å². The Labute approximate surface area is 194 Å². The molecule has 0 aromatic heterocycles. The average molecular weight is 642 g/mol. The predicted molar refractivity (Wildman–Crippen MR) is 63.8 cm³/mol. The van der Waals surface area contributed by atoms with E-state index in [1.54, 1.807) is 4.74 Å². The van der Waals surface area contributed by atoms with E-state index in [0.29, 0.717) is 0 Å². The van der Waals surface area contributed by atoms with Crippen molar-refractivity contribution in [3.8, 4) is 0 Å². The zero-order valence-corrected chi connectivity index (χ0v) is 16.4. The Balaban J connectivity index is 3.66. The number of alkyl halides is 22. The molecule has 232 valence electrons. The van der Waals surface area contributed by atoms with Crippen LogP contribution in [0.1, 0.15) is 0 Å². The Bertz CT molecular complexity index is 929. The van der Waals surface area contributed by atoms with Gasteiger partial charge in [-0.05, 0) is 0 Å². The van der Waals surface area contributed by atoms with Gasteiger partial charge in [-0.3, -0.25) is 14.2 Å². The van der Waals surface area contributed by atoms with Crippen LogP contribution < -0.4 is 0 Å². The highest BCUT2D eigenvalue weighted by molar-refractivity contribution is 5.79. The Morgan fingerprint density at radius 2 is 0.974 bits per heavy atom. The van der Waals surface area contributed by atoms with Crippen molar-refractivity contribution in [1.29, 1.82) is 0 Å². The van der Waals surface area contributed by atoms with Gasteiger partial charge in [-0.2, -0.15) is 96.6 Å². The molecule has 27 heteroatoms. The fourth-order valence-electron chi connectivity index (χ4n) is 2.01. The number of carbonyl (C=O) groups is 1. The highest BCUT2D eigenvalue weighted by Crippen LogP contribution is 2.63. The monoisotopic (exact) mass is 642 g/mol. The van der Waals surface area contributed by atoms with Gasteiger partial charge in [0.25, 0.3) is 0 Å². The zero-order valence-electron chi connectivity index (χ0n) is 16.4. The number of esters is 1. The summed E-state index contributed by atoms with van der Waals surface area (Å²) in [6, 6.07) is 0. The maximum atomic E-state index is 14.2. The molecule has 39 heavy (non-hydrogen) atoms. The molecular weight excluding hydrogens is 642 g/mol. The lowest BCUT2D eigenvalue weighted by molar-refractivity contribution is -0.483. The third kappa shape index (κ3) is 5.08. The molecule has 0 N–H and O–H groups in total. The molecule has 2 unspecified atom stereocenters. The summed E-state index contributed by atoms with van der Waals surface area (Å²) in [7, 11) is 0. The SMILES string of the molecule is O=C(OC(F)(F)C1(F)OC(C(F)(F)F)(C(F)(F)F)OC1(F)F)C(F)(OC(F)(F)C(F)(F)C(F)(F)F)C(F)(F)F. The normalized spacial score (nSPS) is 24.9. The minimum atomic E-state index is -7.98. The lowest BCUT2D eigenvalue weighted by atomic mass is 10.2. The second kappa shape index (κ2) is 8.65. The van der Waals surface area contributed by atoms with E-state index in [4.69, 9.17) is 0 Å². The van der Waals surface area contributed by atoms with Crippen molar-refractivity contribution in [3.63, 3.8) is 0 Å². The number of hydrogen-bond donors (Lipinski definition) is 0. The smallest absolute Gasteiger partial charge is 0.392 e. The first-order chi connectivity index (χ1) is 16.5. The van der Waals surface area contributed by atoms with Crippen molar-refractivity contribution in [2.45, 2.75) is 66.5 Å². The number of hydrogen-bond acceptors (Lipinski definition) is 5. The van der Waals surface area contributed by atoms with Crippen LogP contribution in [0.15, 0.2) is 0 Å². The summed E-state index contributed by atoms with van der Waals surface area (Å²) in [5.41, 5.74) is 0. The van der Waals surface area contributed by atoms with Crippen LogP contribution in [0, 0.1) is 0 Å². The molecule has 1 aliphatic rings. The third-order valence-electron chi connectivity index (χ3n) is 3.89. The predicted octanol–water partition coefficient (Wildman–Crippen LogP) is 6.28. The molecule has 0 spiro atoms. The summed E-state index contributed by atoms with van der Waals surface area (Å²) in [4.78, 5) is 11.1. The van der Waals surface area contributed by atoms with Crippen LogP contribution in [0.3, 0.4) is 0 Å². The lowest BCUT2D eigenvalue weighted by Crippen LogP contribution is -2.65. The zero-order chi connectivity index (χ0) is 31.9. The summed E-state index contributed by atoms with van der Waals surface area (Å²) in [6.45, 7) is 0. The molecule has 0 aromatic carbocycles. The molecule has 2 atom stereocenters. The van der Waals surface area contributed by atoms with E-state index in [2.05, 4.69) is 0 Å². The van der Waals surface area contributed by atoms with E-state index in [1.807, 2.05) is 9.47 Å². The summed E-state index contributed by atoms with van der Waals surface area (Å²) >= 11 is 0. The molecule has 1 rings (SSSR count). The summed E-state index contributed by atoms with van der Waals surface area (Å²) < 4.78 is 291. The fraction of sp³-hybridized carbons (Fsp3) is 0.917. The molecule has 0 aliphatic carbocycles. The molecule has 1 aliphatic heterocycles. The van der Waals surface area contributed by atoms with E-state index in [9.17, 15) is 101 Å². The quantitative estimate of drug-likeness (QED) is 0.252. The number of halogens is 22. The van der Waals surface area contributed by atoms with Crippen molar-refractivity contribution >= 4 is 5.97 Å². The molecule has 0 radical (unpaired) electrons. The van der Waals surface area contributed by atoms with Gasteiger partial charge in [0.2, 0.25) is 0 Å². The van der Waals surface area contributed by atoms with Crippen molar-refractivity contribution < 1.29 is 120 Å². The summed E-state index contributed by atoms with van der Waals surface area (Å²) in [5.74, 6) is -35.8. The maximum Gasteiger partial charge on any atom is 0.471 e. The minimum Gasteiger partial charge on any atom is -0.392 e. The Morgan fingerprint density at radius 3 is 1.26 bits per heavy atom. The number of rotatable bonds is 6. The molecule has 1 fully saturated rings. The van der Waals surface area contributed by atoms with Gasteiger partial charge < -0.3 is 4.74 Å². The number of carbonyl (C=O) groups excluding carboxylic acids is 1. The van der Waals surface area contributed by atoms with Crippen molar-refractivity contribution in [3.05, 3.63) is 0 Å². The summed E-state index contributed by atoms with van der Waals surface area (Å²) in [6.07, 6.45) is -54.0. The van der Waals surface area contributed by atoms with Gasteiger partial charge >= 0.3 is 72.4 Å². The Hall–Kier alpha value is -2.19. The highest BCUT2D eigenvalue weighted by Gasteiger charge is 2.94. The van der Waals surface area contributed by atoms with Gasteiger partial charge in [0.05, 0.1) is 0 Å². The topological polar surface area (TPSA) is 54.0 Å². The molecule has 0 aromatic rings. The molecule has 0 amide bonds. The lowest BCUT2D eigenvalue weighted by Gasteiger charge is -2.36. The molecule has 0 saturated carbocycles.